The maximum absolute atomic E-state index is 13.9. The van der Waals surface area contributed by atoms with Crippen LogP contribution in [0.25, 0.3) is 0 Å². The fourth-order valence-corrected chi connectivity index (χ4v) is 6.15. The van der Waals surface area contributed by atoms with Gasteiger partial charge in [0, 0.05) is 6.42 Å². The van der Waals surface area contributed by atoms with Crippen molar-refractivity contribution in [3.8, 4) is 0 Å². The molecule has 3 rings (SSSR count). The van der Waals surface area contributed by atoms with Crippen molar-refractivity contribution in [1.82, 2.24) is 5.09 Å². The van der Waals surface area contributed by atoms with Crippen molar-refractivity contribution in [2.24, 2.45) is 0 Å². The van der Waals surface area contributed by atoms with Gasteiger partial charge in [-0.25, -0.2) is 14.4 Å². The van der Waals surface area contributed by atoms with Crippen molar-refractivity contribution >= 4 is 35.5 Å². The molecule has 0 radical (unpaired) electrons. The highest BCUT2D eigenvalue weighted by Crippen LogP contribution is 2.46. The van der Waals surface area contributed by atoms with Crippen molar-refractivity contribution < 1.29 is 50.1 Å². The number of rotatable bonds is 17. The number of hydrogen-bond donors (Lipinski definition) is 2. The van der Waals surface area contributed by atoms with E-state index in [1.165, 1.54) is 31.4 Å². The van der Waals surface area contributed by atoms with E-state index in [1.807, 2.05) is 0 Å². The molecule has 3 aromatic carbocycles. The maximum Gasteiger partial charge on any atom is 0.406 e. The quantitative estimate of drug-likeness (QED) is 0.0947. The Kier molecular flexibility index (Phi) is 12.8. The molecule has 3 aromatic rings. The minimum Gasteiger partial charge on any atom is -0.468 e. The summed E-state index contributed by atoms with van der Waals surface area (Å²) in [7, 11) is -5.38. The van der Waals surface area contributed by atoms with Crippen LogP contribution in [0.1, 0.15) is 17.5 Å². The highest BCUT2D eigenvalue weighted by molar-refractivity contribution is 7.86. The highest BCUT2D eigenvalue weighted by Gasteiger charge is 2.39. The molecule has 0 aliphatic heterocycles. The standard InChI is InChI=1S/C28H33N2O11PS/c1-36-27(31)25(18-26(28(32)37-2)41-43(34,35)24-16-14-23(15-17-24)29-38-3)30-42(33,39-19-21-10-6-4-7-11-21)40-20-22-12-8-5-9-13-22/h4-17,25-26,29H,18-20H2,1-3H3,(H,30,33). The Hall–Kier alpha value is -3.62. The number of hydrogen-bond acceptors (Lipinski definition) is 12. The SMILES string of the molecule is CONc1ccc(S(=O)(=O)OC(CC(NP(=O)(OCc2ccccc2)OCc2ccccc2)C(=O)OC)C(=O)OC)cc1. The lowest BCUT2D eigenvalue weighted by Gasteiger charge is -2.26. The number of benzene rings is 3. The van der Waals surface area contributed by atoms with E-state index in [0.29, 0.717) is 16.8 Å². The van der Waals surface area contributed by atoms with Crippen molar-refractivity contribution in [2.75, 3.05) is 26.8 Å². The minimum absolute atomic E-state index is 0.160. The van der Waals surface area contributed by atoms with E-state index in [2.05, 4.69) is 10.6 Å². The van der Waals surface area contributed by atoms with Gasteiger partial charge in [0.15, 0.2) is 6.10 Å². The van der Waals surface area contributed by atoms with E-state index in [0.717, 1.165) is 14.2 Å². The number of carbonyl (C=O) groups excluding carboxylic acids is 2. The smallest absolute Gasteiger partial charge is 0.406 e. The van der Waals surface area contributed by atoms with Gasteiger partial charge in [0.1, 0.15) is 6.04 Å². The Balaban J connectivity index is 1.86. The number of ether oxygens (including phenoxy) is 2. The largest absolute Gasteiger partial charge is 0.468 e. The second kappa shape index (κ2) is 16.3. The summed E-state index contributed by atoms with van der Waals surface area (Å²) in [5.74, 6) is -2.10. The molecule has 0 aliphatic rings. The van der Waals surface area contributed by atoms with Gasteiger partial charge in [0.25, 0.3) is 10.1 Å². The summed E-state index contributed by atoms with van der Waals surface area (Å²) < 4.78 is 66.1. The van der Waals surface area contributed by atoms with E-state index in [4.69, 9.17) is 27.5 Å². The molecule has 2 N–H and O–H groups in total. The Morgan fingerprint density at radius 1 is 0.767 bits per heavy atom. The topological polar surface area (TPSA) is 165 Å². The second-order valence-electron chi connectivity index (χ2n) is 8.85. The molecule has 0 heterocycles. The van der Waals surface area contributed by atoms with Crippen LogP contribution in [0.4, 0.5) is 5.69 Å². The molecule has 15 heteroatoms. The van der Waals surface area contributed by atoms with Crippen molar-refractivity contribution in [1.29, 1.82) is 0 Å². The number of anilines is 1. The first-order valence-corrected chi connectivity index (χ1v) is 15.8. The molecule has 0 aromatic heterocycles. The van der Waals surface area contributed by atoms with Gasteiger partial charge >= 0.3 is 19.7 Å². The van der Waals surface area contributed by atoms with Crippen LogP contribution in [0.15, 0.2) is 89.8 Å². The lowest BCUT2D eigenvalue weighted by Crippen LogP contribution is -2.42. The third kappa shape index (κ3) is 10.6. The Labute approximate surface area is 250 Å². The number of nitrogens with one attached hydrogen (secondary N) is 2. The van der Waals surface area contributed by atoms with Crippen LogP contribution in [-0.2, 0) is 65.0 Å². The summed E-state index contributed by atoms with van der Waals surface area (Å²) in [6.45, 7) is -0.319. The summed E-state index contributed by atoms with van der Waals surface area (Å²) in [6, 6.07) is 21.3. The predicted octanol–water partition coefficient (Wildman–Crippen LogP) is 3.97. The zero-order valence-electron chi connectivity index (χ0n) is 23.7. The van der Waals surface area contributed by atoms with Crippen LogP contribution in [-0.4, -0.2) is 53.8 Å². The van der Waals surface area contributed by atoms with Gasteiger partial charge in [-0.05, 0) is 35.4 Å². The average molecular weight is 637 g/mol. The number of esters is 2. The molecular weight excluding hydrogens is 603 g/mol. The lowest BCUT2D eigenvalue weighted by atomic mass is 10.1. The highest BCUT2D eigenvalue weighted by atomic mass is 32.2. The number of methoxy groups -OCH3 is 2. The fraction of sp³-hybridized carbons (Fsp3) is 0.286. The normalized spacial score (nSPS) is 13.1. The lowest BCUT2D eigenvalue weighted by molar-refractivity contribution is -0.151. The summed E-state index contributed by atoms with van der Waals surface area (Å²) in [5, 5.41) is 2.51. The van der Waals surface area contributed by atoms with Gasteiger partial charge in [0.05, 0.1) is 45.1 Å². The van der Waals surface area contributed by atoms with Crippen LogP contribution < -0.4 is 10.6 Å². The summed E-state index contributed by atoms with van der Waals surface area (Å²) >= 11 is 0. The van der Waals surface area contributed by atoms with Crippen LogP contribution in [0.5, 0.6) is 0 Å². The third-order valence-electron chi connectivity index (χ3n) is 5.81. The summed E-state index contributed by atoms with van der Waals surface area (Å²) in [6.07, 6.45) is -2.52. The zero-order valence-corrected chi connectivity index (χ0v) is 25.4. The zero-order chi connectivity index (χ0) is 31.3. The second-order valence-corrected chi connectivity index (χ2v) is 12.2. The first-order valence-electron chi connectivity index (χ1n) is 12.8. The molecule has 0 amide bonds. The summed E-state index contributed by atoms with van der Waals surface area (Å²) in [4.78, 5) is 30.0. The number of carbonyl (C=O) groups is 2. The van der Waals surface area contributed by atoms with Crippen LogP contribution in [0.3, 0.4) is 0 Å². The van der Waals surface area contributed by atoms with Crippen LogP contribution in [0, 0.1) is 0 Å². The van der Waals surface area contributed by atoms with Gasteiger partial charge in [-0.3, -0.25) is 28.3 Å². The first kappa shape index (κ1) is 33.9. The third-order valence-corrected chi connectivity index (χ3v) is 8.71. The van der Waals surface area contributed by atoms with Crippen molar-refractivity contribution in [2.45, 2.75) is 36.7 Å². The molecule has 43 heavy (non-hydrogen) atoms. The molecule has 13 nitrogen and oxygen atoms in total. The van der Waals surface area contributed by atoms with Crippen molar-refractivity contribution in [3.05, 3.63) is 96.1 Å². The fourth-order valence-electron chi connectivity index (χ4n) is 3.65. The van der Waals surface area contributed by atoms with Gasteiger partial charge in [0.2, 0.25) is 0 Å². The first-order chi connectivity index (χ1) is 20.6. The average Bonchev–Trinajstić information content (AvgIpc) is 3.03. The molecule has 0 fully saturated rings. The molecule has 0 aliphatic carbocycles. The van der Waals surface area contributed by atoms with Crippen molar-refractivity contribution in [3.63, 3.8) is 0 Å². The molecule has 0 saturated heterocycles. The van der Waals surface area contributed by atoms with E-state index < -0.39 is 48.4 Å². The van der Waals surface area contributed by atoms with Gasteiger partial charge < -0.3 is 9.47 Å². The van der Waals surface area contributed by atoms with E-state index in [9.17, 15) is 22.6 Å². The van der Waals surface area contributed by atoms with E-state index >= 15 is 0 Å². The minimum atomic E-state index is -4.54. The molecular formula is C28H33N2O11PS. The molecule has 2 atom stereocenters. The summed E-state index contributed by atoms with van der Waals surface area (Å²) in [5.41, 5.74) is 4.33. The monoisotopic (exact) mass is 636 g/mol. The predicted molar refractivity (Wildman–Crippen MR) is 155 cm³/mol. The van der Waals surface area contributed by atoms with Crippen LogP contribution in [0.2, 0.25) is 0 Å². The van der Waals surface area contributed by atoms with Gasteiger partial charge in [-0.2, -0.15) is 8.42 Å². The molecule has 0 spiro atoms. The molecule has 2 unspecified atom stereocenters. The Morgan fingerprint density at radius 3 is 1.74 bits per heavy atom. The molecule has 232 valence electrons. The van der Waals surface area contributed by atoms with Crippen LogP contribution >= 0.6 is 7.75 Å². The molecule has 0 bridgehead atoms. The van der Waals surface area contributed by atoms with E-state index in [1.54, 1.807) is 60.7 Å². The van der Waals surface area contributed by atoms with Gasteiger partial charge in [-0.15, -0.1) is 0 Å². The van der Waals surface area contributed by atoms with E-state index in [-0.39, 0.29) is 18.1 Å². The molecule has 0 saturated carbocycles. The maximum atomic E-state index is 13.9. The Bertz CT molecular complexity index is 1430. The van der Waals surface area contributed by atoms with Gasteiger partial charge in [-0.1, -0.05) is 60.7 Å². The Morgan fingerprint density at radius 2 is 1.28 bits per heavy atom.